The number of nitro benzene ring substituents is 1. The summed E-state index contributed by atoms with van der Waals surface area (Å²) < 4.78 is 24.2. The molecule has 154 valence electrons. The summed E-state index contributed by atoms with van der Waals surface area (Å²) >= 11 is 0. The first-order valence-corrected chi connectivity index (χ1v) is 9.23. The van der Waals surface area contributed by atoms with Gasteiger partial charge in [-0.25, -0.2) is 14.2 Å². The SMILES string of the molecule is O=C1OC(c2cccc(F)c2)=NC1=Cc1ccc(OCc2ccc([N+](=O)[O-])cc2)cc1. The van der Waals surface area contributed by atoms with Crippen LogP contribution in [-0.2, 0) is 16.1 Å². The fraction of sp³-hybridized carbons (Fsp3) is 0.0435. The van der Waals surface area contributed by atoms with Crippen molar-refractivity contribution in [3.8, 4) is 5.75 Å². The first kappa shape index (κ1) is 20.0. The number of ether oxygens (including phenoxy) is 2. The molecule has 3 aromatic rings. The van der Waals surface area contributed by atoms with E-state index in [4.69, 9.17) is 9.47 Å². The van der Waals surface area contributed by atoms with E-state index in [9.17, 15) is 19.3 Å². The van der Waals surface area contributed by atoms with Gasteiger partial charge in [-0.1, -0.05) is 18.2 Å². The minimum absolute atomic E-state index is 0.0230. The summed E-state index contributed by atoms with van der Waals surface area (Å²) in [6.45, 7) is 0.256. The molecule has 0 amide bonds. The lowest BCUT2D eigenvalue weighted by Crippen LogP contribution is -2.05. The summed E-state index contributed by atoms with van der Waals surface area (Å²) in [6.07, 6.45) is 1.56. The van der Waals surface area contributed by atoms with Gasteiger partial charge in [-0.3, -0.25) is 10.1 Å². The molecule has 0 aliphatic carbocycles. The highest BCUT2D eigenvalue weighted by Crippen LogP contribution is 2.21. The molecule has 0 spiro atoms. The van der Waals surface area contributed by atoms with E-state index in [2.05, 4.69) is 4.99 Å². The Morgan fingerprint density at radius 3 is 2.48 bits per heavy atom. The number of rotatable bonds is 6. The van der Waals surface area contributed by atoms with Gasteiger partial charge < -0.3 is 9.47 Å². The second-order valence-corrected chi connectivity index (χ2v) is 6.63. The first-order chi connectivity index (χ1) is 15.0. The summed E-state index contributed by atoms with van der Waals surface area (Å²) in [6, 6.07) is 18.7. The summed E-state index contributed by atoms with van der Waals surface area (Å²) in [4.78, 5) is 26.5. The van der Waals surface area contributed by atoms with Crippen molar-refractivity contribution in [2.24, 2.45) is 4.99 Å². The number of nitro groups is 1. The quantitative estimate of drug-likeness (QED) is 0.251. The van der Waals surface area contributed by atoms with E-state index in [0.717, 1.165) is 5.56 Å². The summed E-state index contributed by atoms with van der Waals surface area (Å²) in [5.41, 5.74) is 2.02. The van der Waals surface area contributed by atoms with Crippen LogP contribution in [-0.4, -0.2) is 16.8 Å². The van der Waals surface area contributed by atoms with Crippen LogP contribution in [0, 0.1) is 15.9 Å². The largest absolute Gasteiger partial charge is 0.489 e. The van der Waals surface area contributed by atoms with Crippen LogP contribution in [0.1, 0.15) is 16.7 Å². The zero-order valence-corrected chi connectivity index (χ0v) is 16.0. The number of halogens is 1. The minimum Gasteiger partial charge on any atom is -0.489 e. The van der Waals surface area contributed by atoms with Crippen LogP contribution in [0.2, 0.25) is 0 Å². The molecule has 4 rings (SSSR count). The van der Waals surface area contributed by atoms with Gasteiger partial charge in [0.15, 0.2) is 5.70 Å². The maximum Gasteiger partial charge on any atom is 0.363 e. The van der Waals surface area contributed by atoms with Crippen molar-refractivity contribution in [1.29, 1.82) is 0 Å². The van der Waals surface area contributed by atoms with Crippen molar-refractivity contribution < 1.29 is 23.6 Å². The Bertz CT molecular complexity index is 1200. The van der Waals surface area contributed by atoms with E-state index in [1.807, 2.05) is 0 Å². The number of carbonyl (C=O) groups is 1. The molecule has 0 unspecified atom stereocenters. The van der Waals surface area contributed by atoms with Crippen LogP contribution in [0.5, 0.6) is 5.75 Å². The lowest BCUT2D eigenvalue weighted by molar-refractivity contribution is -0.384. The highest BCUT2D eigenvalue weighted by atomic mass is 19.1. The monoisotopic (exact) mass is 418 g/mol. The molecule has 0 N–H and O–H groups in total. The van der Waals surface area contributed by atoms with Gasteiger partial charge in [-0.15, -0.1) is 0 Å². The summed E-state index contributed by atoms with van der Waals surface area (Å²) in [7, 11) is 0. The Morgan fingerprint density at radius 2 is 1.81 bits per heavy atom. The van der Waals surface area contributed by atoms with Crippen LogP contribution < -0.4 is 4.74 Å². The molecule has 0 saturated carbocycles. The molecule has 8 heteroatoms. The first-order valence-electron chi connectivity index (χ1n) is 9.23. The smallest absolute Gasteiger partial charge is 0.363 e. The van der Waals surface area contributed by atoms with E-state index in [1.54, 1.807) is 48.5 Å². The van der Waals surface area contributed by atoms with Gasteiger partial charge in [0.25, 0.3) is 5.69 Å². The van der Waals surface area contributed by atoms with Gasteiger partial charge in [0.2, 0.25) is 5.90 Å². The number of benzene rings is 3. The number of carbonyl (C=O) groups excluding carboxylic acids is 1. The number of non-ortho nitro benzene ring substituents is 1. The zero-order valence-electron chi connectivity index (χ0n) is 16.0. The van der Waals surface area contributed by atoms with Gasteiger partial charge in [0.05, 0.1) is 4.92 Å². The standard InChI is InChI=1S/C23H15FN2O5/c24-18-3-1-2-17(13-18)22-25-21(23(27)31-22)12-15-6-10-20(11-7-15)30-14-16-4-8-19(9-5-16)26(28)29/h1-13H,14H2. The Balaban J connectivity index is 1.42. The predicted molar refractivity (Wildman–Crippen MR) is 111 cm³/mol. The molecule has 1 aliphatic rings. The third kappa shape index (κ3) is 4.81. The Morgan fingerprint density at radius 1 is 1.06 bits per heavy atom. The third-order valence-corrected chi connectivity index (χ3v) is 4.43. The lowest BCUT2D eigenvalue weighted by Gasteiger charge is -2.06. The average molecular weight is 418 g/mol. The third-order valence-electron chi connectivity index (χ3n) is 4.43. The maximum absolute atomic E-state index is 13.4. The number of hydrogen-bond acceptors (Lipinski definition) is 6. The summed E-state index contributed by atoms with van der Waals surface area (Å²) in [5.74, 6) is -0.409. The number of cyclic esters (lactones) is 1. The van der Waals surface area contributed by atoms with Crippen molar-refractivity contribution in [2.75, 3.05) is 0 Å². The Kier molecular flexibility index (Phi) is 5.53. The van der Waals surface area contributed by atoms with Crippen LogP contribution in [0.4, 0.5) is 10.1 Å². The molecule has 0 atom stereocenters. The minimum atomic E-state index is -0.613. The molecule has 1 heterocycles. The highest BCUT2D eigenvalue weighted by molar-refractivity contribution is 6.12. The lowest BCUT2D eigenvalue weighted by atomic mass is 10.2. The van der Waals surface area contributed by atoms with Gasteiger partial charge >= 0.3 is 5.97 Å². The molecule has 7 nitrogen and oxygen atoms in total. The van der Waals surface area contributed by atoms with Crippen LogP contribution in [0.3, 0.4) is 0 Å². The molecule has 0 radical (unpaired) electrons. The average Bonchev–Trinajstić information content (AvgIpc) is 3.14. The van der Waals surface area contributed by atoms with Crippen LogP contribution in [0.15, 0.2) is 83.5 Å². The molecule has 0 saturated heterocycles. The fourth-order valence-corrected chi connectivity index (χ4v) is 2.85. The molecule has 0 bridgehead atoms. The predicted octanol–water partition coefficient (Wildman–Crippen LogP) is 4.66. The van der Waals surface area contributed by atoms with Gasteiger partial charge in [-0.2, -0.15) is 0 Å². The number of nitrogens with zero attached hydrogens (tertiary/aromatic N) is 2. The van der Waals surface area contributed by atoms with E-state index < -0.39 is 16.7 Å². The van der Waals surface area contributed by atoms with Crippen molar-refractivity contribution in [3.05, 3.63) is 111 Å². The molecule has 0 aromatic heterocycles. The van der Waals surface area contributed by atoms with Gasteiger partial charge in [-0.05, 0) is 59.7 Å². The van der Waals surface area contributed by atoms with E-state index in [1.165, 1.54) is 30.3 Å². The van der Waals surface area contributed by atoms with Crippen molar-refractivity contribution in [2.45, 2.75) is 6.61 Å². The molecular weight excluding hydrogens is 403 g/mol. The number of hydrogen-bond donors (Lipinski definition) is 0. The van der Waals surface area contributed by atoms with E-state index in [0.29, 0.717) is 16.9 Å². The maximum atomic E-state index is 13.4. The summed E-state index contributed by atoms with van der Waals surface area (Å²) in [5, 5.41) is 10.7. The Hall–Kier alpha value is -4.33. The molecule has 0 fully saturated rings. The second kappa shape index (κ2) is 8.58. The molecule has 3 aromatic carbocycles. The second-order valence-electron chi connectivity index (χ2n) is 6.63. The molecular formula is C23H15FN2O5. The van der Waals surface area contributed by atoms with Crippen LogP contribution in [0.25, 0.3) is 6.08 Å². The van der Waals surface area contributed by atoms with E-state index >= 15 is 0 Å². The Labute approximate surface area is 176 Å². The zero-order chi connectivity index (χ0) is 21.8. The number of aliphatic imine (C=N–C) groups is 1. The van der Waals surface area contributed by atoms with Crippen LogP contribution >= 0.6 is 0 Å². The topological polar surface area (TPSA) is 91.0 Å². The fourth-order valence-electron chi connectivity index (χ4n) is 2.85. The van der Waals surface area contributed by atoms with E-state index in [-0.39, 0.29) is 23.9 Å². The highest BCUT2D eigenvalue weighted by Gasteiger charge is 2.24. The van der Waals surface area contributed by atoms with Gasteiger partial charge in [0.1, 0.15) is 18.2 Å². The van der Waals surface area contributed by atoms with Crippen molar-refractivity contribution in [3.63, 3.8) is 0 Å². The molecule has 31 heavy (non-hydrogen) atoms. The van der Waals surface area contributed by atoms with Crippen molar-refractivity contribution in [1.82, 2.24) is 0 Å². The number of esters is 1. The van der Waals surface area contributed by atoms with Gasteiger partial charge in [0, 0.05) is 17.7 Å². The van der Waals surface area contributed by atoms with Crippen molar-refractivity contribution >= 4 is 23.6 Å². The normalized spacial score (nSPS) is 14.3. The molecule has 1 aliphatic heterocycles.